The molecule has 2 heterocycles. The van der Waals surface area contributed by atoms with Gasteiger partial charge in [0.15, 0.2) is 0 Å². The molecule has 0 atom stereocenters. The predicted octanol–water partition coefficient (Wildman–Crippen LogP) is 5.14. The first-order chi connectivity index (χ1) is 17.1. The van der Waals surface area contributed by atoms with E-state index >= 15 is 0 Å². The Morgan fingerprint density at radius 3 is 2.47 bits per heavy atom. The minimum absolute atomic E-state index is 0.168. The van der Waals surface area contributed by atoms with Gasteiger partial charge in [0.1, 0.15) is 5.71 Å². The molecule has 1 saturated heterocycles. The molecule has 1 aliphatic carbocycles. The molecule has 0 bridgehead atoms. The first-order valence-corrected chi connectivity index (χ1v) is 11.7. The van der Waals surface area contributed by atoms with Crippen molar-refractivity contribution in [1.82, 2.24) is 0 Å². The van der Waals surface area contributed by atoms with Crippen molar-refractivity contribution in [3.05, 3.63) is 99.4 Å². The lowest BCUT2D eigenvalue weighted by Crippen LogP contribution is -2.23. The van der Waals surface area contributed by atoms with E-state index in [9.17, 15) is 14.4 Å². The molecule has 180 valence electrons. The molecule has 0 spiro atoms. The molecule has 0 aromatic heterocycles. The van der Waals surface area contributed by atoms with Crippen LogP contribution in [0.2, 0.25) is 0 Å². The topological polar surface area (TPSA) is 76.0 Å². The third-order valence-electron chi connectivity index (χ3n) is 6.92. The Bertz CT molecular complexity index is 1510. The SMILES string of the molecule is CC(C)=C1C(=O)OC(=O)/C1=C\c1ccc2c(c1)C=CC(=O)C2=N/C=C1/N(C)c2ccccc2C1(C)C. The quantitative estimate of drug-likeness (QED) is 0.339. The summed E-state index contributed by atoms with van der Waals surface area (Å²) >= 11 is 0. The average Bonchev–Trinajstić information content (AvgIpc) is 3.22. The van der Waals surface area contributed by atoms with Crippen LogP contribution >= 0.6 is 0 Å². The summed E-state index contributed by atoms with van der Waals surface area (Å²) in [6.07, 6.45) is 6.68. The van der Waals surface area contributed by atoms with Gasteiger partial charge < -0.3 is 9.64 Å². The number of cyclic esters (lactones) is 2. The van der Waals surface area contributed by atoms with Gasteiger partial charge in [-0.15, -0.1) is 0 Å². The molecular weight excluding hydrogens is 452 g/mol. The smallest absolute Gasteiger partial charge is 0.346 e. The number of carbonyl (C=O) groups is 3. The van der Waals surface area contributed by atoms with Crippen molar-refractivity contribution >= 4 is 41.3 Å². The van der Waals surface area contributed by atoms with Crippen molar-refractivity contribution in [3.8, 4) is 0 Å². The summed E-state index contributed by atoms with van der Waals surface area (Å²) in [5, 5.41) is 0. The number of rotatable bonds is 2. The number of nitrogens with zero attached hydrogens (tertiary/aromatic N) is 2. The number of aliphatic imine (C=N–C) groups is 1. The largest absolute Gasteiger partial charge is 0.386 e. The maximum absolute atomic E-state index is 12.8. The monoisotopic (exact) mass is 478 g/mol. The van der Waals surface area contributed by atoms with Gasteiger partial charge in [-0.25, -0.2) is 9.59 Å². The number of ether oxygens (including phenoxy) is 1. The van der Waals surface area contributed by atoms with Crippen LogP contribution in [0, 0.1) is 0 Å². The molecule has 1 fully saturated rings. The van der Waals surface area contributed by atoms with E-state index in [1.807, 2.05) is 31.3 Å². The Morgan fingerprint density at radius 2 is 1.75 bits per heavy atom. The molecule has 0 saturated carbocycles. The van der Waals surface area contributed by atoms with Crippen molar-refractivity contribution in [2.75, 3.05) is 11.9 Å². The van der Waals surface area contributed by atoms with Crippen molar-refractivity contribution < 1.29 is 19.1 Å². The fourth-order valence-electron chi connectivity index (χ4n) is 5.06. The van der Waals surface area contributed by atoms with E-state index in [0.29, 0.717) is 22.4 Å². The number of ketones is 1. The van der Waals surface area contributed by atoms with Gasteiger partial charge >= 0.3 is 11.9 Å². The predicted molar refractivity (Wildman–Crippen MR) is 140 cm³/mol. The molecule has 36 heavy (non-hydrogen) atoms. The number of anilines is 1. The fraction of sp³-hybridized carbons (Fsp3) is 0.200. The van der Waals surface area contributed by atoms with Gasteiger partial charge in [0.05, 0.1) is 11.1 Å². The van der Waals surface area contributed by atoms with Gasteiger partial charge in [-0.05, 0) is 54.8 Å². The fourth-order valence-corrected chi connectivity index (χ4v) is 5.06. The van der Waals surface area contributed by atoms with Crippen molar-refractivity contribution in [1.29, 1.82) is 0 Å². The van der Waals surface area contributed by atoms with Crippen LogP contribution in [0.4, 0.5) is 5.69 Å². The zero-order valence-corrected chi connectivity index (χ0v) is 20.9. The van der Waals surface area contributed by atoms with Crippen molar-refractivity contribution in [2.24, 2.45) is 4.99 Å². The van der Waals surface area contributed by atoms with Crippen LogP contribution in [0.5, 0.6) is 0 Å². The van der Waals surface area contributed by atoms with E-state index in [2.05, 4.69) is 35.9 Å². The molecule has 6 nitrogen and oxygen atoms in total. The molecule has 0 unspecified atom stereocenters. The van der Waals surface area contributed by atoms with Gasteiger partial charge in [-0.2, -0.15) is 0 Å². The summed E-state index contributed by atoms with van der Waals surface area (Å²) in [5.74, 6) is -1.45. The standard InChI is InChI=1S/C30H26N2O4/c1-17(2)26-21(28(34)36-29(26)35)15-18-10-12-20-19(14-18)11-13-24(33)27(20)31-16-25-30(3,4)22-8-6-7-9-23(22)32(25)5/h6-16H,1-5H3/b21-15-,25-16+,31-27?. The molecule has 0 N–H and O–H groups in total. The molecule has 2 aromatic rings. The molecular formula is C30H26N2O4. The molecule has 3 aliphatic rings. The number of para-hydroxylation sites is 1. The second kappa shape index (κ2) is 8.41. The van der Waals surface area contributed by atoms with Crippen LogP contribution in [-0.4, -0.2) is 30.5 Å². The average molecular weight is 479 g/mol. The maximum atomic E-state index is 12.8. The first-order valence-electron chi connectivity index (χ1n) is 11.7. The summed E-state index contributed by atoms with van der Waals surface area (Å²) < 4.78 is 4.80. The minimum Gasteiger partial charge on any atom is -0.386 e. The highest BCUT2D eigenvalue weighted by Crippen LogP contribution is 2.46. The second-order valence-corrected chi connectivity index (χ2v) is 9.85. The normalized spacial score (nSPS) is 21.5. The van der Waals surface area contributed by atoms with E-state index < -0.39 is 11.9 Å². The Labute approximate surface area is 210 Å². The highest BCUT2D eigenvalue weighted by Gasteiger charge is 2.38. The maximum Gasteiger partial charge on any atom is 0.346 e. The van der Waals surface area contributed by atoms with Gasteiger partial charge in [0, 0.05) is 35.6 Å². The summed E-state index contributed by atoms with van der Waals surface area (Å²) in [5.41, 5.74) is 6.93. The zero-order chi connectivity index (χ0) is 25.8. The van der Waals surface area contributed by atoms with Gasteiger partial charge in [-0.3, -0.25) is 9.79 Å². The number of carbonyl (C=O) groups excluding carboxylic acids is 3. The van der Waals surface area contributed by atoms with E-state index in [1.54, 1.807) is 38.3 Å². The molecule has 0 radical (unpaired) electrons. The third kappa shape index (κ3) is 3.66. The van der Waals surface area contributed by atoms with Crippen LogP contribution in [-0.2, 0) is 24.5 Å². The third-order valence-corrected chi connectivity index (χ3v) is 6.92. The highest BCUT2D eigenvalue weighted by atomic mass is 16.6. The first kappa shape index (κ1) is 23.4. The highest BCUT2D eigenvalue weighted by molar-refractivity contribution is 6.52. The Kier molecular flexibility index (Phi) is 5.47. The van der Waals surface area contributed by atoms with Gasteiger partial charge in [0.25, 0.3) is 0 Å². The van der Waals surface area contributed by atoms with E-state index in [4.69, 9.17) is 4.74 Å². The Hall–Kier alpha value is -4.32. The number of hydrogen-bond acceptors (Lipinski definition) is 6. The summed E-state index contributed by atoms with van der Waals surface area (Å²) in [7, 11) is 2.01. The van der Waals surface area contributed by atoms with E-state index in [-0.39, 0.29) is 16.8 Å². The minimum atomic E-state index is -0.655. The van der Waals surface area contributed by atoms with E-state index in [0.717, 1.165) is 22.5 Å². The van der Waals surface area contributed by atoms with Crippen LogP contribution in [0.15, 0.2) is 82.1 Å². The van der Waals surface area contributed by atoms with E-state index in [1.165, 1.54) is 11.6 Å². The molecule has 2 aromatic carbocycles. The molecule has 2 aliphatic heterocycles. The summed E-state index contributed by atoms with van der Waals surface area (Å²) in [4.78, 5) is 43.9. The van der Waals surface area contributed by atoms with Crippen molar-refractivity contribution in [3.63, 3.8) is 0 Å². The van der Waals surface area contributed by atoms with Crippen LogP contribution in [0.25, 0.3) is 12.2 Å². The number of esters is 2. The zero-order valence-electron chi connectivity index (χ0n) is 20.9. The second-order valence-electron chi connectivity index (χ2n) is 9.85. The van der Waals surface area contributed by atoms with Gasteiger partial charge in [-0.1, -0.05) is 55.8 Å². The lowest BCUT2D eigenvalue weighted by molar-refractivity contribution is -0.149. The van der Waals surface area contributed by atoms with Crippen LogP contribution < -0.4 is 4.90 Å². The number of likely N-dealkylation sites (N-methyl/N-ethyl adjacent to an activating group) is 1. The van der Waals surface area contributed by atoms with Crippen molar-refractivity contribution in [2.45, 2.75) is 33.1 Å². The summed E-state index contributed by atoms with van der Waals surface area (Å²) in [6, 6.07) is 13.7. The number of benzene rings is 2. The Balaban J connectivity index is 1.54. The lowest BCUT2D eigenvalue weighted by atomic mass is 9.84. The van der Waals surface area contributed by atoms with Gasteiger partial charge in [0.2, 0.25) is 5.78 Å². The van der Waals surface area contributed by atoms with Crippen LogP contribution in [0.3, 0.4) is 0 Å². The number of hydrogen-bond donors (Lipinski definition) is 0. The lowest BCUT2D eigenvalue weighted by Gasteiger charge is -2.23. The number of fused-ring (bicyclic) bond motifs is 2. The van der Waals surface area contributed by atoms with Crippen LogP contribution in [0.1, 0.15) is 49.9 Å². The molecule has 5 rings (SSSR count). The molecule has 6 heteroatoms. The molecule has 0 amide bonds. The number of allylic oxidation sites excluding steroid dienone is 3. The Morgan fingerprint density at radius 1 is 1.00 bits per heavy atom. The summed E-state index contributed by atoms with van der Waals surface area (Å²) in [6.45, 7) is 7.83.